The van der Waals surface area contributed by atoms with E-state index in [1.165, 1.54) is 16.7 Å². The zero-order chi connectivity index (χ0) is 23.5. The van der Waals surface area contributed by atoms with E-state index in [1.807, 2.05) is 0 Å². The van der Waals surface area contributed by atoms with Crippen LogP contribution in [-0.2, 0) is 34.5 Å². The van der Waals surface area contributed by atoms with Crippen molar-refractivity contribution in [3.63, 3.8) is 0 Å². The van der Waals surface area contributed by atoms with Crippen LogP contribution in [0.5, 0.6) is 0 Å². The van der Waals surface area contributed by atoms with Crippen LogP contribution < -0.4 is 21.3 Å². The van der Waals surface area contributed by atoms with E-state index in [9.17, 15) is 22.8 Å². The molecule has 0 aliphatic heterocycles. The highest BCUT2D eigenvalue weighted by Gasteiger charge is 2.17. The Bertz CT molecular complexity index is 1370. The third-order valence-corrected chi connectivity index (χ3v) is 6.50. The van der Waals surface area contributed by atoms with E-state index in [-0.39, 0.29) is 30.6 Å². The number of benzene rings is 2. The third kappa shape index (κ3) is 4.97. The lowest BCUT2D eigenvalue weighted by molar-refractivity contribution is -0.121. The van der Waals surface area contributed by atoms with Crippen LogP contribution in [0.25, 0.3) is 10.9 Å². The monoisotopic (exact) mass is 458 g/mol. The lowest BCUT2D eigenvalue weighted by atomic mass is 10.2. The summed E-state index contributed by atoms with van der Waals surface area (Å²) in [5.74, 6) is -0.438. The second kappa shape index (κ2) is 9.49. The molecule has 0 bridgehead atoms. The van der Waals surface area contributed by atoms with Gasteiger partial charge in [-0.25, -0.2) is 17.9 Å². The number of aromatic nitrogens is 2. The number of amides is 1. The summed E-state index contributed by atoms with van der Waals surface area (Å²) in [4.78, 5) is 38.0. The Balaban J connectivity index is 1.81. The molecule has 0 radical (unpaired) electrons. The van der Waals surface area contributed by atoms with Crippen LogP contribution in [0, 0.1) is 0 Å². The zero-order valence-corrected chi connectivity index (χ0v) is 19.0. The van der Waals surface area contributed by atoms with Gasteiger partial charge in [0.05, 0.1) is 15.8 Å². The van der Waals surface area contributed by atoms with E-state index >= 15 is 0 Å². The van der Waals surface area contributed by atoms with E-state index in [0.717, 1.165) is 4.57 Å². The predicted octanol–water partition coefficient (Wildman–Crippen LogP) is 1.19. The van der Waals surface area contributed by atoms with Gasteiger partial charge in [0.25, 0.3) is 5.56 Å². The van der Waals surface area contributed by atoms with E-state index in [4.69, 9.17) is 0 Å². The quantitative estimate of drug-likeness (QED) is 0.526. The summed E-state index contributed by atoms with van der Waals surface area (Å²) in [5, 5.41) is 3.07. The average molecular weight is 459 g/mol. The van der Waals surface area contributed by atoms with Gasteiger partial charge in [-0.05, 0) is 50.6 Å². The van der Waals surface area contributed by atoms with Gasteiger partial charge >= 0.3 is 5.69 Å². The van der Waals surface area contributed by atoms with Crippen LogP contribution in [-0.4, -0.2) is 29.5 Å². The van der Waals surface area contributed by atoms with Crippen molar-refractivity contribution in [2.24, 2.45) is 0 Å². The molecule has 0 saturated heterocycles. The first-order valence-electron chi connectivity index (χ1n) is 10.2. The Kier molecular flexibility index (Phi) is 6.95. The molecular weight excluding hydrogens is 432 g/mol. The maximum absolute atomic E-state index is 12.8. The molecule has 3 aromatic rings. The van der Waals surface area contributed by atoms with Gasteiger partial charge in [0, 0.05) is 19.1 Å². The fourth-order valence-electron chi connectivity index (χ4n) is 3.40. The van der Waals surface area contributed by atoms with Crippen molar-refractivity contribution in [3.05, 3.63) is 74.9 Å². The second-order valence-corrected chi connectivity index (χ2v) is 9.35. The Morgan fingerprint density at radius 2 is 1.75 bits per heavy atom. The fourth-order valence-corrected chi connectivity index (χ4v) is 4.72. The molecule has 3 rings (SSSR count). The first-order valence-corrected chi connectivity index (χ1v) is 11.7. The van der Waals surface area contributed by atoms with Crippen LogP contribution in [0.1, 0.15) is 26.3 Å². The fraction of sp³-hybridized carbons (Fsp3) is 0.318. The van der Waals surface area contributed by atoms with Gasteiger partial charge in [0.1, 0.15) is 6.54 Å². The molecule has 1 aromatic heterocycles. The number of rotatable bonds is 8. The topological polar surface area (TPSA) is 119 Å². The maximum atomic E-state index is 12.8. The minimum Gasteiger partial charge on any atom is -0.350 e. The maximum Gasteiger partial charge on any atom is 0.331 e. The number of fused-ring (bicyclic) bond motifs is 1. The van der Waals surface area contributed by atoms with E-state index in [2.05, 4.69) is 10.0 Å². The largest absolute Gasteiger partial charge is 0.350 e. The summed E-state index contributed by atoms with van der Waals surface area (Å²) in [7, 11) is -3.65. The van der Waals surface area contributed by atoms with Crippen LogP contribution in [0.4, 0.5) is 0 Å². The lowest BCUT2D eigenvalue weighted by Crippen LogP contribution is -2.42. The molecule has 1 amide bonds. The highest BCUT2D eigenvalue weighted by Crippen LogP contribution is 2.12. The lowest BCUT2D eigenvalue weighted by Gasteiger charge is -2.14. The number of nitrogens with zero attached hydrogens (tertiary/aromatic N) is 2. The highest BCUT2D eigenvalue weighted by atomic mass is 32.2. The first kappa shape index (κ1) is 23.4. The summed E-state index contributed by atoms with van der Waals surface area (Å²) in [6, 6.07) is 12.7. The molecule has 2 aromatic carbocycles. The van der Waals surface area contributed by atoms with E-state index in [0.29, 0.717) is 16.5 Å². The SMILES string of the molecule is CCn1c(=O)c2ccccc2n(CC(=O)NCc2cccc(S(=O)(=O)NC(C)C)c2)c1=O. The van der Waals surface area contributed by atoms with Crippen LogP contribution in [0.15, 0.2) is 63.0 Å². The van der Waals surface area contributed by atoms with Crippen molar-refractivity contribution in [1.29, 1.82) is 0 Å². The minimum absolute atomic E-state index is 0.0873. The molecule has 170 valence electrons. The van der Waals surface area contributed by atoms with Crippen molar-refractivity contribution in [2.45, 2.75) is 51.3 Å². The van der Waals surface area contributed by atoms with Crippen molar-refractivity contribution in [3.8, 4) is 0 Å². The number of carbonyl (C=O) groups excluding carboxylic acids is 1. The van der Waals surface area contributed by atoms with Crippen molar-refractivity contribution < 1.29 is 13.2 Å². The number of carbonyl (C=O) groups is 1. The number of hydrogen-bond donors (Lipinski definition) is 2. The molecule has 0 spiro atoms. The molecule has 9 nitrogen and oxygen atoms in total. The van der Waals surface area contributed by atoms with Gasteiger partial charge in [0.15, 0.2) is 0 Å². The zero-order valence-electron chi connectivity index (χ0n) is 18.2. The predicted molar refractivity (Wildman–Crippen MR) is 122 cm³/mol. The number of sulfonamides is 1. The molecule has 0 unspecified atom stereocenters. The van der Waals surface area contributed by atoms with Crippen molar-refractivity contribution in [2.75, 3.05) is 0 Å². The minimum atomic E-state index is -3.65. The van der Waals surface area contributed by atoms with Crippen molar-refractivity contribution >= 4 is 26.8 Å². The van der Waals surface area contributed by atoms with Gasteiger partial charge in [-0.1, -0.05) is 24.3 Å². The first-order chi connectivity index (χ1) is 15.1. The smallest absolute Gasteiger partial charge is 0.331 e. The molecule has 0 aliphatic carbocycles. The molecule has 10 heteroatoms. The average Bonchev–Trinajstić information content (AvgIpc) is 2.75. The summed E-state index contributed by atoms with van der Waals surface area (Å²) in [6.45, 7) is 5.16. The molecule has 2 N–H and O–H groups in total. The highest BCUT2D eigenvalue weighted by molar-refractivity contribution is 7.89. The number of para-hydroxylation sites is 1. The Morgan fingerprint density at radius 1 is 1.03 bits per heavy atom. The summed E-state index contributed by atoms with van der Waals surface area (Å²) in [5.41, 5.74) is 0.0351. The van der Waals surface area contributed by atoms with E-state index < -0.39 is 27.2 Å². The standard InChI is InChI=1S/C22H26N4O5S/c1-4-25-21(28)18-10-5-6-11-19(18)26(22(25)29)14-20(27)23-13-16-8-7-9-17(12-16)32(30,31)24-15(2)3/h5-12,15,24H,4,13-14H2,1-3H3,(H,23,27). The Hall–Kier alpha value is -3.24. The molecule has 0 saturated carbocycles. The third-order valence-electron chi connectivity index (χ3n) is 4.84. The van der Waals surface area contributed by atoms with Crippen LogP contribution in [0.3, 0.4) is 0 Å². The van der Waals surface area contributed by atoms with Crippen molar-refractivity contribution in [1.82, 2.24) is 19.2 Å². The number of hydrogen-bond acceptors (Lipinski definition) is 5. The van der Waals surface area contributed by atoms with E-state index in [1.54, 1.807) is 57.2 Å². The molecule has 0 atom stereocenters. The van der Waals surface area contributed by atoms with Gasteiger partial charge in [-0.2, -0.15) is 0 Å². The van der Waals surface area contributed by atoms with Crippen LogP contribution in [0.2, 0.25) is 0 Å². The Morgan fingerprint density at radius 3 is 2.44 bits per heavy atom. The molecule has 0 aliphatic rings. The summed E-state index contributed by atoms with van der Waals surface area (Å²) >= 11 is 0. The second-order valence-electron chi connectivity index (χ2n) is 7.64. The van der Waals surface area contributed by atoms with Crippen LogP contribution >= 0.6 is 0 Å². The molecule has 32 heavy (non-hydrogen) atoms. The normalized spacial score (nSPS) is 11.8. The molecule has 1 heterocycles. The Labute approximate surface area is 185 Å². The van der Waals surface area contributed by atoms with Gasteiger partial charge in [-0.15, -0.1) is 0 Å². The molecule has 0 fully saturated rings. The summed E-state index contributed by atoms with van der Waals surface area (Å²) in [6.07, 6.45) is 0. The summed E-state index contributed by atoms with van der Waals surface area (Å²) < 4.78 is 29.6. The molecular formula is C22H26N4O5S. The number of nitrogens with one attached hydrogen (secondary N) is 2. The van der Waals surface area contributed by atoms with Gasteiger partial charge in [-0.3, -0.25) is 18.7 Å². The van der Waals surface area contributed by atoms with Gasteiger partial charge in [0.2, 0.25) is 15.9 Å². The van der Waals surface area contributed by atoms with Gasteiger partial charge < -0.3 is 5.32 Å².